The number of methoxy groups -OCH3 is 2. The number of nitrogens with zero attached hydrogens (tertiary/aromatic N) is 3. The Labute approximate surface area is 190 Å². The van der Waals surface area contributed by atoms with Gasteiger partial charge >= 0.3 is 0 Å². The van der Waals surface area contributed by atoms with Gasteiger partial charge in [0.05, 0.1) is 30.0 Å². The lowest BCUT2D eigenvalue weighted by Gasteiger charge is -2.21. The predicted octanol–water partition coefficient (Wildman–Crippen LogP) is 6.20. The average Bonchev–Trinajstić information content (AvgIpc) is 2.71. The van der Waals surface area contributed by atoms with Crippen LogP contribution in [0.4, 0.5) is 5.82 Å². The summed E-state index contributed by atoms with van der Waals surface area (Å²) in [6, 6.07) is 3.52. The zero-order valence-electron chi connectivity index (χ0n) is 17.8. The molecule has 0 saturated carbocycles. The molecule has 160 valence electrons. The largest absolute Gasteiger partial charge is 0.495 e. The maximum Gasteiger partial charge on any atom is 0.187 e. The van der Waals surface area contributed by atoms with E-state index in [0.29, 0.717) is 50.3 Å². The molecule has 0 aliphatic heterocycles. The molecule has 9 heteroatoms. The fourth-order valence-corrected chi connectivity index (χ4v) is 3.87. The number of aromatic nitrogens is 3. The Balaban J connectivity index is 2.27. The van der Waals surface area contributed by atoms with Crippen molar-refractivity contribution in [2.45, 2.75) is 25.9 Å². The van der Waals surface area contributed by atoms with Crippen molar-refractivity contribution in [2.75, 3.05) is 32.3 Å². The predicted molar refractivity (Wildman–Crippen MR) is 126 cm³/mol. The summed E-state index contributed by atoms with van der Waals surface area (Å²) < 4.78 is 10.8. The first-order valence-corrected chi connectivity index (χ1v) is 11.2. The third-order valence-corrected chi connectivity index (χ3v) is 5.65. The van der Waals surface area contributed by atoms with Crippen molar-refractivity contribution in [3.63, 3.8) is 0 Å². The van der Waals surface area contributed by atoms with E-state index in [2.05, 4.69) is 36.1 Å². The summed E-state index contributed by atoms with van der Waals surface area (Å²) in [5.41, 5.74) is 1.90. The zero-order valence-corrected chi connectivity index (χ0v) is 20.1. The van der Waals surface area contributed by atoms with Gasteiger partial charge in [-0.2, -0.15) is 0 Å². The molecule has 0 fully saturated rings. The Morgan fingerprint density at radius 2 is 1.67 bits per heavy atom. The van der Waals surface area contributed by atoms with Crippen LogP contribution < -0.4 is 14.8 Å². The van der Waals surface area contributed by atoms with Crippen LogP contribution in [0.5, 0.6) is 11.5 Å². The van der Waals surface area contributed by atoms with E-state index in [9.17, 15) is 0 Å². The molecule has 1 N–H and O–H groups in total. The second-order valence-electron chi connectivity index (χ2n) is 7.85. The lowest BCUT2D eigenvalue weighted by Crippen LogP contribution is -2.20. The van der Waals surface area contributed by atoms with E-state index in [1.54, 1.807) is 26.5 Å². The van der Waals surface area contributed by atoms with Crippen molar-refractivity contribution >= 4 is 51.7 Å². The van der Waals surface area contributed by atoms with E-state index in [4.69, 9.17) is 37.7 Å². The molecule has 0 aliphatic carbocycles. The lowest BCUT2D eigenvalue weighted by molar-refractivity contribution is 0.395. The van der Waals surface area contributed by atoms with Crippen LogP contribution in [-0.2, 0) is 0 Å². The SMILES string of the molecule is COc1cc(OC)c(Cl)c(-c2cc3cnc(SC)nc3c(NCC(C)(C)C)n2)c1Cl. The highest BCUT2D eigenvalue weighted by Gasteiger charge is 2.22. The maximum atomic E-state index is 6.62. The molecule has 0 bridgehead atoms. The summed E-state index contributed by atoms with van der Waals surface area (Å²) in [6.45, 7) is 7.15. The summed E-state index contributed by atoms with van der Waals surface area (Å²) in [7, 11) is 3.08. The second kappa shape index (κ2) is 9.04. The maximum absolute atomic E-state index is 6.62. The molecule has 3 rings (SSSR count). The van der Waals surface area contributed by atoms with Gasteiger partial charge in [-0.25, -0.2) is 15.0 Å². The van der Waals surface area contributed by atoms with Gasteiger partial charge in [0.1, 0.15) is 17.0 Å². The Morgan fingerprint density at radius 1 is 1.03 bits per heavy atom. The molecule has 0 amide bonds. The number of rotatable bonds is 6. The van der Waals surface area contributed by atoms with Gasteiger partial charge in [0.25, 0.3) is 0 Å². The van der Waals surface area contributed by atoms with Crippen LogP contribution in [0.25, 0.3) is 22.2 Å². The fraction of sp³-hybridized carbons (Fsp3) is 0.381. The summed E-state index contributed by atoms with van der Waals surface area (Å²) in [4.78, 5) is 13.9. The number of benzene rings is 1. The molecular formula is C21H24Cl2N4O2S. The van der Waals surface area contributed by atoms with E-state index in [1.165, 1.54) is 11.8 Å². The van der Waals surface area contributed by atoms with E-state index < -0.39 is 0 Å². The van der Waals surface area contributed by atoms with Crippen LogP contribution in [0, 0.1) is 5.41 Å². The van der Waals surface area contributed by atoms with E-state index >= 15 is 0 Å². The van der Waals surface area contributed by atoms with Crippen LogP contribution >= 0.6 is 35.0 Å². The van der Waals surface area contributed by atoms with E-state index in [1.807, 2.05) is 12.3 Å². The van der Waals surface area contributed by atoms with Gasteiger partial charge in [0.2, 0.25) is 0 Å². The Hall–Kier alpha value is -1.96. The minimum atomic E-state index is 0.0495. The second-order valence-corrected chi connectivity index (χ2v) is 9.38. The lowest BCUT2D eigenvalue weighted by atomic mass is 9.97. The molecular weight excluding hydrogens is 443 g/mol. The van der Waals surface area contributed by atoms with Crippen molar-refractivity contribution < 1.29 is 9.47 Å². The summed E-state index contributed by atoms with van der Waals surface area (Å²) >= 11 is 14.7. The molecule has 0 radical (unpaired) electrons. The fourth-order valence-electron chi connectivity index (χ4n) is 2.83. The smallest absolute Gasteiger partial charge is 0.187 e. The monoisotopic (exact) mass is 466 g/mol. The molecule has 2 aromatic heterocycles. The van der Waals surface area contributed by atoms with Crippen LogP contribution in [0.1, 0.15) is 20.8 Å². The van der Waals surface area contributed by atoms with Gasteiger partial charge in [0.15, 0.2) is 11.0 Å². The van der Waals surface area contributed by atoms with Crippen LogP contribution in [0.2, 0.25) is 10.0 Å². The van der Waals surface area contributed by atoms with Crippen molar-refractivity contribution in [3.8, 4) is 22.8 Å². The quantitative estimate of drug-likeness (QED) is 0.342. The number of anilines is 1. The number of fused-ring (bicyclic) bond motifs is 1. The van der Waals surface area contributed by atoms with Crippen molar-refractivity contribution in [1.29, 1.82) is 0 Å². The molecule has 2 heterocycles. The minimum Gasteiger partial charge on any atom is -0.495 e. The summed E-state index contributed by atoms with van der Waals surface area (Å²) in [6.07, 6.45) is 3.72. The van der Waals surface area contributed by atoms with Gasteiger partial charge in [0, 0.05) is 29.8 Å². The Morgan fingerprint density at radius 3 is 2.20 bits per heavy atom. The highest BCUT2D eigenvalue weighted by molar-refractivity contribution is 7.98. The van der Waals surface area contributed by atoms with Crippen LogP contribution in [0.3, 0.4) is 0 Å². The normalized spacial score (nSPS) is 11.6. The molecule has 3 aromatic rings. The standard InChI is InChI=1S/C21H24Cl2N4O2S/c1-21(2,3)10-25-19-18-11(9-24-20(27-18)30-6)7-12(26-19)15-16(22)13(28-4)8-14(29-5)17(15)23/h7-9H,10H2,1-6H3,(H,25,26). The summed E-state index contributed by atoms with van der Waals surface area (Å²) in [5, 5.41) is 5.64. The number of ether oxygens (including phenoxy) is 2. The highest BCUT2D eigenvalue weighted by atomic mass is 35.5. The van der Waals surface area contributed by atoms with Crippen molar-refractivity contribution in [3.05, 3.63) is 28.4 Å². The molecule has 0 saturated heterocycles. The number of hydrogen-bond donors (Lipinski definition) is 1. The number of halogens is 2. The van der Waals surface area contributed by atoms with Gasteiger partial charge in [-0.05, 0) is 17.7 Å². The third kappa shape index (κ3) is 4.68. The average molecular weight is 467 g/mol. The summed E-state index contributed by atoms with van der Waals surface area (Å²) in [5.74, 6) is 1.55. The third-order valence-electron chi connectivity index (χ3n) is 4.34. The number of nitrogens with one attached hydrogen (secondary N) is 1. The topological polar surface area (TPSA) is 69.2 Å². The molecule has 0 spiro atoms. The first kappa shape index (κ1) is 22.7. The molecule has 0 atom stereocenters. The van der Waals surface area contributed by atoms with Gasteiger partial charge in [-0.15, -0.1) is 0 Å². The number of pyridine rings is 1. The van der Waals surface area contributed by atoms with Crippen molar-refractivity contribution in [2.24, 2.45) is 5.41 Å². The Bertz CT molecular complexity index is 1060. The first-order valence-electron chi connectivity index (χ1n) is 9.24. The van der Waals surface area contributed by atoms with Crippen LogP contribution in [-0.4, -0.2) is 42.0 Å². The molecule has 6 nitrogen and oxygen atoms in total. The van der Waals surface area contributed by atoms with Gasteiger partial charge < -0.3 is 14.8 Å². The molecule has 0 unspecified atom stereocenters. The van der Waals surface area contributed by atoms with E-state index in [-0.39, 0.29) is 5.41 Å². The number of thioether (sulfide) groups is 1. The van der Waals surface area contributed by atoms with Gasteiger partial charge in [-0.3, -0.25) is 0 Å². The molecule has 0 aliphatic rings. The first-order chi connectivity index (χ1) is 14.2. The van der Waals surface area contributed by atoms with Crippen LogP contribution in [0.15, 0.2) is 23.5 Å². The highest BCUT2D eigenvalue weighted by Crippen LogP contribution is 2.46. The van der Waals surface area contributed by atoms with Gasteiger partial charge in [-0.1, -0.05) is 55.7 Å². The molecule has 30 heavy (non-hydrogen) atoms. The van der Waals surface area contributed by atoms with E-state index in [0.717, 1.165) is 10.9 Å². The van der Waals surface area contributed by atoms with Crippen molar-refractivity contribution in [1.82, 2.24) is 15.0 Å². The Kier molecular flexibility index (Phi) is 6.84. The number of hydrogen-bond acceptors (Lipinski definition) is 7. The minimum absolute atomic E-state index is 0.0495. The zero-order chi connectivity index (χ0) is 22.1. The molecule has 1 aromatic carbocycles.